The Morgan fingerprint density at radius 1 is 1.29 bits per heavy atom. The van der Waals surface area contributed by atoms with Crippen molar-refractivity contribution in [2.24, 2.45) is 5.73 Å². The van der Waals surface area contributed by atoms with Crippen molar-refractivity contribution in [3.8, 4) is 10.7 Å². The summed E-state index contributed by atoms with van der Waals surface area (Å²) in [5.41, 5.74) is 4.88. The van der Waals surface area contributed by atoms with Crippen LogP contribution in [0.25, 0.3) is 20.9 Å². The van der Waals surface area contributed by atoms with Crippen LogP contribution in [0.3, 0.4) is 0 Å². The van der Waals surface area contributed by atoms with Gasteiger partial charge in [0.1, 0.15) is 21.9 Å². The molecule has 2 N–H and O–H groups in total. The van der Waals surface area contributed by atoms with Crippen LogP contribution in [0.4, 0.5) is 13.2 Å². The number of hydrogen-bond acceptors (Lipinski definition) is 6. The number of thiazole rings is 2. The summed E-state index contributed by atoms with van der Waals surface area (Å²) < 4.78 is 38.1. The molecule has 3 heterocycles. The highest BCUT2D eigenvalue weighted by Gasteiger charge is 2.32. The number of aromatic nitrogens is 3. The third-order valence-electron chi connectivity index (χ3n) is 2.50. The first-order chi connectivity index (χ1) is 9.84. The van der Waals surface area contributed by atoms with Crippen LogP contribution in [-0.4, -0.2) is 20.9 Å². The van der Waals surface area contributed by atoms with Crippen LogP contribution in [-0.2, 0) is 6.18 Å². The maximum Gasteiger partial charge on any atom is 0.433 e. The van der Waals surface area contributed by atoms with Crippen LogP contribution in [0.2, 0.25) is 0 Å². The Hall–Kier alpha value is -2.07. The number of primary amides is 1. The first-order valence-electron chi connectivity index (χ1n) is 5.44. The van der Waals surface area contributed by atoms with Gasteiger partial charge in [0.15, 0.2) is 5.01 Å². The summed E-state index contributed by atoms with van der Waals surface area (Å²) in [5.74, 6) is -0.659. The fourth-order valence-corrected chi connectivity index (χ4v) is 3.25. The Morgan fingerprint density at radius 2 is 2.05 bits per heavy atom. The first kappa shape index (κ1) is 13.9. The lowest BCUT2D eigenvalue weighted by atomic mass is 10.3. The molecule has 0 saturated heterocycles. The summed E-state index contributed by atoms with van der Waals surface area (Å²) in [5, 5.41) is 2.11. The molecule has 5 nitrogen and oxygen atoms in total. The molecule has 1 amide bonds. The van der Waals surface area contributed by atoms with Gasteiger partial charge in [-0.15, -0.1) is 22.7 Å². The number of amides is 1. The molecule has 0 unspecified atom stereocenters. The monoisotopic (exact) mass is 330 g/mol. The number of pyridine rings is 1. The molecule has 3 aromatic heterocycles. The average Bonchev–Trinajstić information content (AvgIpc) is 3.03. The molecule has 108 valence electrons. The van der Waals surface area contributed by atoms with Gasteiger partial charge in [0.2, 0.25) is 0 Å². The summed E-state index contributed by atoms with van der Waals surface area (Å²) in [4.78, 5) is 22.5. The smallest absolute Gasteiger partial charge is 0.364 e. The topological polar surface area (TPSA) is 81.8 Å². The number of carbonyl (C=O) groups is 1. The third-order valence-corrected chi connectivity index (χ3v) is 4.40. The summed E-state index contributed by atoms with van der Waals surface area (Å²) >= 11 is 2.10. The van der Waals surface area contributed by atoms with Gasteiger partial charge in [-0.2, -0.15) is 13.2 Å². The van der Waals surface area contributed by atoms with E-state index >= 15 is 0 Å². The van der Waals surface area contributed by atoms with E-state index in [0.29, 0.717) is 20.9 Å². The molecule has 0 aliphatic carbocycles. The second-order valence-corrected chi connectivity index (χ2v) is 5.84. The van der Waals surface area contributed by atoms with Gasteiger partial charge < -0.3 is 5.73 Å². The molecule has 21 heavy (non-hydrogen) atoms. The zero-order chi connectivity index (χ0) is 15.2. The van der Waals surface area contributed by atoms with E-state index in [1.807, 2.05) is 0 Å². The Kier molecular flexibility index (Phi) is 3.14. The zero-order valence-corrected chi connectivity index (χ0v) is 11.6. The Balaban J connectivity index is 2.06. The molecule has 0 aromatic carbocycles. The first-order valence-corrected chi connectivity index (χ1v) is 7.13. The minimum absolute atomic E-state index is 0.123. The number of halogens is 3. The lowest BCUT2D eigenvalue weighted by Gasteiger charge is -2.03. The predicted molar refractivity (Wildman–Crippen MR) is 72.0 cm³/mol. The van der Waals surface area contributed by atoms with Crippen LogP contribution < -0.4 is 5.73 Å². The van der Waals surface area contributed by atoms with Crippen molar-refractivity contribution in [1.82, 2.24) is 15.0 Å². The molecule has 0 aliphatic rings. The van der Waals surface area contributed by atoms with Gasteiger partial charge in [-0.1, -0.05) is 0 Å². The molecule has 3 rings (SSSR count). The SMILES string of the molecule is NC(=O)c1nc(-c2nc3cnc(C(F)(F)F)cc3s2)cs1. The van der Waals surface area contributed by atoms with E-state index in [9.17, 15) is 18.0 Å². The summed E-state index contributed by atoms with van der Waals surface area (Å²) in [6.45, 7) is 0. The summed E-state index contributed by atoms with van der Waals surface area (Å²) in [6, 6.07) is 0.942. The number of alkyl halides is 3. The van der Waals surface area contributed by atoms with Crippen molar-refractivity contribution in [3.63, 3.8) is 0 Å². The minimum atomic E-state index is -4.50. The molecule has 0 bridgehead atoms. The van der Waals surface area contributed by atoms with Crippen LogP contribution in [0, 0.1) is 0 Å². The van der Waals surface area contributed by atoms with Crippen molar-refractivity contribution in [2.45, 2.75) is 6.18 Å². The summed E-state index contributed by atoms with van der Waals surface area (Å²) in [6.07, 6.45) is -3.43. The highest BCUT2D eigenvalue weighted by molar-refractivity contribution is 7.22. The molecule has 0 fully saturated rings. The van der Waals surface area contributed by atoms with E-state index in [0.717, 1.165) is 34.9 Å². The minimum Gasteiger partial charge on any atom is -0.364 e. The van der Waals surface area contributed by atoms with Gasteiger partial charge >= 0.3 is 6.18 Å². The van der Waals surface area contributed by atoms with E-state index in [2.05, 4.69) is 15.0 Å². The van der Waals surface area contributed by atoms with E-state index in [-0.39, 0.29) is 5.01 Å². The standard InChI is InChI=1S/C11H5F3N4OS2/c12-11(13,14)7-1-6-4(2-16-7)17-9(21-6)5-3-20-10(18-5)8(15)19/h1-3H,(H2,15,19). The second kappa shape index (κ2) is 4.74. The fraction of sp³-hybridized carbons (Fsp3) is 0.0909. The van der Waals surface area contributed by atoms with Crippen molar-refractivity contribution in [3.05, 3.63) is 28.3 Å². The van der Waals surface area contributed by atoms with Gasteiger partial charge in [-0.3, -0.25) is 4.79 Å². The number of nitrogens with two attached hydrogens (primary N) is 1. The van der Waals surface area contributed by atoms with E-state index in [1.54, 1.807) is 5.38 Å². The predicted octanol–water partition coefficient (Wildman–Crippen LogP) is 2.93. The van der Waals surface area contributed by atoms with E-state index in [4.69, 9.17) is 5.73 Å². The maximum absolute atomic E-state index is 12.6. The van der Waals surface area contributed by atoms with Gasteiger partial charge in [0, 0.05) is 5.38 Å². The van der Waals surface area contributed by atoms with Crippen molar-refractivity contribution >= 4 is 38.8 Å². The second-order valence-electron chi connectivity index (χ2n) is 3.96. The normalized spacial score (nSPS) is 12.0. The molecule has 0 saturated carbocycles. The van der Waals surface area contributed by atoms with Crippen molar-refractivity contribution in [2.75, 3.05) is 0 Å². The van der Waals surface area contributed by atoms with Gasteiger partial charge in [0.05, 0.1) is 10.9 Å². The van der Waals surface area contributed by atoms with Crippen molar-refractivity contribution < 1.29 is 18.0 Å². The largest absolute Gasteiger partial charge is 0.433 e. The van der Waals surface area contributed by atoms with Crippen LogP contribution in [0.1, 0.15) is 15.5 Å². The molecule has 10 heteroatoms. The molecule has 0 aliphatic heterocycles. The van der Waals surface area contributed by atoms with Crippen molar-refractivity contribution in [1.29, 1.82) is 0 Å². The highest BCUT2D eigenvalue weighted by Crippen LogP contribution is 2.34. The average molecular weight is 330 g/mol. The quantitative estimate of drug-likeness (QED) is 0.783. The molecular weight excluding hydrogens is 325 g/mol. The van der Waals surface area contributed by atoms with Crippen LogP contribution in [0.15, 0.2) is 17.6 Å². The fourth-order valence-electron chi connectivity index (χ4n) is 1.58. The number of nitrogens with zero attached hydrogens (tertiary/aromatic N) is 3. The zero-order valence-electron chi connectivity index (χ0n) is 10.0. The number of hydrogen-bond donors (Lipinski definition) is 1. The number of rotatable bonds is 2. The van der Waals surface area contributed by atoms with Gasteiger partial charge in [-0.05, 0) is 6.07 Å². The molecule has 3 aromatic rings. The Labute approximate surface area is 123 Å². The van der Waals surface area contributed by atoms with Crippen LogP contribution in [0.5, 0.6) is 0 Å². The highest BCUT2D eigenvalue weighted by atomic mass is 32.1. The van der Waals surface area contributed by atoms with Crippen LogP contribution >= 0.6 is 22.7 Å². The third kappa shape index (κ3) is 2.59. The lowest BCUT2D eigenvalue weighted by molar-refractivity contribution is -0.141. The molecular formula is C11H5F3N4OS2. The Morgan fingerprint density at radius 3 is 2.67 bits per heavy atom. The van der Waals surface area contributed by atoms with Gasteiger partial charge in [0.25, 0.3) is 5.91 Å². The summed E-state index contributed by atoms with van der Waals surface area (Å²) in [7, 11) is 0. The molecule has 0 radical (unpaired) electrons. The number of carbonyl (C=O) groups excluding carboxylic acids is 1. The van der Waals surface area contributed by atoms with E-state index in [1.165, 1.54) is 0 Å². The maximum atomic E-state index is 12.6. The lowest BCUT2D eigenvalue weighted by Crippen LogP contribution is -2.10. The van der Waals surface area contributed by atoms with E-state index < -0.39 is 17.8 Å². The van der Waals surface area contributed by atoms with Gasteiger partial charge in [-0.25, -0.2) is 15.0 Å². The molecule has 0 spiro atoms. The Bertz CT molecular complexity index is 839. The number of fused-ring (bicyclic) bond motifs is 1. The molecule has 0 atom stereocenters.